The molecule has 0 bridgehead atoms. The molecule has 0 aliphatic carbocycles. The first kappa shape index (κ1) is 14.2. The summed E-state index contributed by atoms with van der Waals surface area (Å²) in [5, 5.41) is 3.15. The minimum Gasteiger partial charge on any atom is -0.313 e. The largest absolute Gasteiger partial charge is 0.313 e. The first-order chi connectivity index (χ1) is 9.11. The molecule has 0 radical (unpaired) electrons. The van der Waals surface area contributed by atoms with E-state index in [0.29, 0.717) is 12.0 Å². The molecule has 2 nitrogen and oxygen atoms in total. The Hall–Kier alpha value is -1.26. The summed E-state index contributed by atoms with van der Waals surface area (Å²) in [5.41, 5.74) is 2.71. The fraction of sp³-hybridized carbons (Fsp3) is 0.267. The van der Waals surface area contributed by atoms with Crippen LogP contribution in [0.2, 0.25) is 0 Å². The molecule has 1 aromatic heterocycles. The minimum absolute atomic E-state index is 0.106. The zero-order chi connectivity index (χ0) is 13.8. The van der Waals surface area contributed by atoms with E-state index in [1.165, 1.54) is 6.07 Å². The third kappa shape index (κ3) is 3.39. The third-order valence-electron chi connectivity index (χ3n) is 3.08. The molecule has 0 fully saturated rings. The predicted molar refractivity (Wildman–Crippen MR) is 78.6 cm³/mol. The second kappa shape index (κ2) is 6.26. The monoisotopic (exact) mass is 322 g/mol. The fourth-order valence-corrected chi connectivity index (χ4v) is 2.64. The van der Waals surface area contributed by atoms with Gasteiger partial charge in [-0.2, -0.15) is 0 Å². The molecule has 0 amide bonds. The average Bonchev–Trinajstić information content (AvgIpc) is 2.39. The molecule has 2 rings (SSSR count). The lowest BCUT2D eigenvalue weighted by Gasteiger charge is -2.18. The molecule has 0 aliphatic rings. The molecule has 1 N–H and O–H groups in total. The lowest BCUT2D eigenvalue weighted by molar-refractivity contribution is 0.527. The highest BCUT2D eigenvalue weighted by Gasteiger charge is 2.18. The van der Waals surface area contributed by atoms with Gasteiger partial charge in [-0.1, -0.05) is 28.1 Å². The van der Waals surface area contributed by atoms with Crippen molar-refractivity contribution in [1.82, 2.24) is 10.3 Å². The van der Waals surface area contributed by atoms with E-state index < -0.39 is 0 Å². The van der Waals surface area contributed by atoms with Gasteiger partial charge >= 0.3 is 0 Å². The number of aryl methyl sites for hydroxylation is 1. The maximum Gasteiger partial charge on any atom is 0.129 e. The van der Waals surface area contributed by atoms with Crippen molar-refractivity contribution in [3.8, 4) is 0 Å². The van der Waals surface area contributed by atoms with Gasteiger partial charge in [0, 0.05) is 34.4 Å². The minimum atomic E-state index is -0.208. The second-order valence-electron chi connectivity index (χ2n) is 4.51. The molecule has 0 saturated carbocycles. The van der Waals surface area contributed by atoms with Crippen LogP contribution in [0.4, 0.5) is 4.39 Å². The first-order valence-corrected chi connectivity index (χ1v) is 6.94. The SMILES string of the molecule is CNC(Cc1ccc(C)cn1)c1c(F)cccc1Br. The molecular weight excluding hydrogens is 307 g/mol. The number of pyridine rings is 1. The Morgan fingerprint density at radius 2 is 2.11 bits per heavy atom. The second-order valence-corrected chi connectivity index (χ2v) is 5.36. The molecule has 2 aromatic rings. The molecule has 1 heterocycles. The van der Waals surface area contributed by atoms with Gasteiger partial charge in [0.2, 0.25) is 0 Å². The Bertz CT molecular complexity index is 534. The molecule has 0 saturated heterocycles. The maximum atomic E-state index is 14.0. The predicted octanol–water partition coefficient (Wildman–Crippen LogP) is 3.79. The third-order valence-corrected chi connectivity index (χ3v) is 3.77. The van der Waals surface area contributed by atoms with Crippen molar-refractivity contribution in [3.63, 3.8) is 0 Å². The molecule has 19 heavy (non-hydrogen) atoms. The van der Waals surface area contributed by atoms with E-state index in [-0.39, 0.29) is 11.9 Å². The van der Waals surface area contributed by atoms with Crippen LogP contribution in [0.25, 0.3) is 0 Å². The van der Waals surface area contributed by atoms with Gasteiger partial charge in [0.15, 0.2) is 0 Å². The van der Waals surface area contributed by atoms with Crippen LogP contribution >= 0.6 is 15.9 Å². The quantitative estimate of drug-likeness (QED) is 0.926. The number of halogens is 2. The zero-order valence-corrected chi connectivity index (χ0v) is 12.5. The molecule has 1 unspecified atom stereocenters. The molecule has 1 atom stereocenters. The van der Waals surface area contributed by atoms with Gasteiger partial charge in [0.05, 0.1) is 0 Å². The zero-order valence-electron chi connectivity index (χ0n) is 11.0. The van der Waals surface area contributed by atoms with Gasteiger partial charge in [0.1, 0.15) is 5.82 Å². The highest BCUT2D eigenvalue weighted by molar-refractivity contribution is 9.10. The lowest BCUT2D eigenvalue weighted by atomic mass is 10.0. The molecular formula is C15H16BrFN2. The average molecular weight is 323 g/mol. The number of rotatable bonds is 4. The van der Waals surface area contributed by atoms with Crippen LogP contribution in [0.5, 0.6) is 0 Å². The topological polar surface area (TPSA) is 24.9 Å². The number of benzene rings is 1. The smallest absolute Gasteiger partial charge is 0.129 e. The number of nitrogens with zero attached hydrogens (tertiary/aromatic N) is 1. The number of hydrogen-bond acceptors (Lipinski definition) is 2. The molecule has 100 valence electrons. The van der Waals surface area contributed by atoms with Crippen LogP contribution < -0.4 is 5.32 Å². The summed E-state index contributed by atoms with van der Waals surface area (Å²) in [7, 11) is 1.83. The number of likely N-dealkylation sites (N-methyl/N-ethyl adjacent to an activating group) is 1. The number of aromatic nitrogens is 1. The highest BCUT2D eigenvalue weighted by Crippen LogP contribution is 2.28. The van der Waals surface area contributed by atoms with Crippen molar-refractivity contribution in [2.75, 3.05) is 7.05 Å². The van der Waals surface area contributed by atoms with Crippen molar-refractivity contribution in [2.24, 2.45) is 0 Å². The van der Waals surface area contributed by atoms with Crippen LogP contribution in [-0.2, 0) is 6.42 Å². The van der Waals surface area contributed by atoms with Crippen molar-refractivity contribution < 1.29 is 4.39 Å². The van der Waals surface area contributed by atoms with E-state index in [1.807, 2.05) is 38.4 Å². The first-order valence-electron chi connectivity index (χ1n) is 6.14. The Morgan fingerprint density at radius 3 is 2.68 bits per heavy atom. The Balaban J connectivity index is 2.27. The number of nitrogens with one attached hydrogen (secondary N) is 1. The van der Waals surface area contributed by atoms with Gasteiger partial charge < -0.3 is 5.32 Å². The standard InChI is InChI=1S/C15H16BrFN2/c1-10-6-7-11(19-9-10)8-14(18-2)15-12(16)4-3-5-13(15)17/h3-7,9,14,18H,8H2,1-2H3. The summed E-state index contributed by atoms with van der Waals surface area (Å²) in [6, 6.07) is 8.92. The summed E-state index contributed by atoms with van der Waals surface area (Å²) in [4.78, 5) is 4.37. The van der Waals surface area contributed by atoms with Crippen LogP contribution in [0.3, 0.4) is 0 Å². The van der Waals surface area contributed by atoms with Gasteiger partial charge in [0.25, 0.3) is 0 Å². The van der Waals surface area contributed by atoms with E-state index in [1.54, 1.807) is 6.07 Å². The molecule has 0 spiro atoms. The van der Waals surface area contributed by atoms with E-state index in [9.17, 15) is 4.39 Å². The van der Waals surface area contributed by atoms with E-state index in [0.717, 1.165) is 15.7 Å². The Morgan fingerprint density at radius 1 is 1.32 bits per heavy atom. The Labute approximate surface area is 121 Å². The fourth-order valence-electron chi connectivity index (χ4n) is 2.02. The van der Waals surface area contributed by atoms with Gasteiger partial charge in [-0.3, -0.25) is 4.98 Å². The molecule has 1 aromatic carbocycles. The van der Waals surface area contributed by atoms with Crippen LogP contribution in [-0.4, -0.2) is 12.0 Å². The lowest BCUT2D eigenvalue weighted by Crippen LogP contribution is -2.21. The summed E-state index contributed by atoms with van der Waals surface area (Å²) in [6.07, 6.45) is 2.48. The van der Waals surface area contributed by atoms with Gasteiger partial charge in [-0.05, 0) is 37.7 Å². The van der Waals surface area contributed by atoms with Crippen molar-refractivity contribution in [3.05, 3.63) is 63.6 Å². The van der Waals surface area contributed by atoms with E-state index >= 15 is 0 Å². The van der Waals surface area contributed by atoms with Crippen molar-refractivity contribution >= 4 is 15.9 Å². The molecule has 0 aliphatic heterocycles. The van der Waals surface area contributed by atoms with Crippen LogP contribution in [0.15, 0.2) is 41.0 Å². The summed E-state index contributed by atoms with van der Waals surface area (Å²) >= 11 is 3.41. The maximum absolute atomic E-state index is 14.0. The van der Waals surface area contributed by atoms with E-state index in [4.69, 9.17) is 0 Å². The highest BCUT2D eigenvalue weighted by atomic mass is 79.9. The summed E-state index contributed by atoms with van der Waals surface area (Å²) in [6.45, 7) is 2.00. The van der Waals surface area contributed by atoms with Crippen LogP contribution in [0.1, 0.15) is 22.9 Å². The Kier molecular flexibility index (Phi) is 4.66. The van der Waals surface area contributed by atoms with Crippen molar-refractivity contribution in [2.45, 2.75) is 19.4 Å². The number of hydrogen-bond donors (Lipinski definition) is 1. The molecule has 4 heteroatoms. The summed E-state index contributed by atoms with van der Waals surface area (Å²) < 4.78 is 14.7. The van der Waals surface area contributed by atoms with Gasteiger partial charge in [-0.25, -0.2) is 4.39 Å². The normalized spacial score (nSPS) is 12.4. The summed E-state index contributed by atoms with van der Waals surface area (Å²) in [5.74, 6) is -0.208. The van der Waals surface area contributed by atoms with Crippen LogP contribution in [0, 0.1) is 12.7 Å². The van der Waals surface area contributed by atoms with Crippen molar-refractivity contribution in [1.29, 1.82) is 0 Å². The van der Waals surface area contributed by atoms with E-state index in [2.05, 4.69) is 26.2 Å². The van der Waals surface area contributed by atoms with Gasteiger partial charge in [-0.15, -0.1) is 0 Å².